The number of nitrogens with zero attached hydrogens (tertiary/aromatic N) is 3. The van der Waals surface area contributed by atoms with Crippen LogP contribution >= 0.6 is 0 Å². The summed E-state index contributed by atoms with van der Waals surface area (Å²) in [4.78, 5) is 23.5. The van der Waals surface area contributed by atoms with Crippen LogP contribution in [-0.2, 0) is 0 Å². The zero-order valence-electron chi connectivity index (χ0n) is 14.0. The maximum atomic E-state index is 12.7. The third-order valence-electron chi connectivity index (χ3n) is 4.61. The van der Waals surface area contributed by atoms with E-state index in [1.165, 1.54) is 25.6 Å². The second-order valence-corrected chi connectivity index (χ2v) is 6.29. The molecule has 0 atom stereocenters. The Balaban J connectivity index is 1.58. The number of hydrogen-bond donors (Lipinski definition) is 1. The highest BCUT2D eigenvalue weighted by Crippen LogP contribution is 2.22. The molecule has 0 saturated carbocycles. The number of anilines is 2. The lowest BCUT2D eigenvalue weighted by Crippen LogP contribution is -2.30. The lowest BCUT2D eigenvalue weighted by Gasteiger charge is -2.27. The average Bonchev–Trinajstić information content (AvgIpc) is 2.68. The van der Waals surface area contributed by atoms with Crippen molar-refractivity contribution in [3.05, 3.63) is 60.4 Å². The number of fused-ring (bicyclic) bond motifs is 1. The van der Waals surface area contributed by atoms with Crippen molar-refractivity contribution in [2.45, 2.75) is 19.3 Å². The van der Waals surface area contributed by atoms with Crippen molar-refractivity contribution in [2.24, 2.45) is 0 Å². The zero-order valence-corrected chi connectivity index (χ0v) is 14.0. The summed E-state index contributed by atoms with van der Waals surface area (Å²) in [6, 6.07) is 15.5. The monoisotopic (exact) mass is 332 g/mol. The molecule has 1 saturated heterocycles. The van der Waals surface area contributed by atoms with E-state index in [0.717, 1.165) is 29.7 Å². The Kier molecular flexibility index (Phi) is 4.29. The standard InChI is InChI=1S/C20H20N4O/c25-20(17-10-6-8-15-7-2-3-9-16(15)17)23-18-13-19(22-14-21-18)24-11-4-1-5-12-24/h2-3,6-10,13-14H,1,4-5,11-12H2,(H,21,22,23,25). The van der Waals surface area contributed by atoms with E-state index >= 15 is 0 Å². The maximum Gasteiger partial charge on any atom is 0.257 e. The molecule has 4 rings (SSSR count). The molecule has 0 spiro atoms. The molecule has 0 unspecified atom stereocenters. The van der Waals surface area contributed by atoms with Gasteiger partial charge in [-0.2, -0.15) is 0 Å². The molecule has 0 radical (unpaired) electrons. The Labute approximate surface area is 146 Å². The first-order valence-corrected chi connectivity index (χ1v) is 8.67. The Morgan fingerprint density at radius 1 is 0.960 bits per heavy atom. The van der Waals surface area contributed by atoms with Gasteiger partial charge in [0, 0.05) is 24.7 Å². The van der Waals surface area contributed by atoms with Gasteiger partial charge in [0.1, 0.15) is 18.0 Å². The first kappa shape index (κ1) is 15.6. The first-order valence-electron chi connectivity index (χ1n) is 8.67. The molecule has 0 bridgehead atoms. The topological polar surface area (TPSA) is 58.1 Å². The molecular weight excluding hydrogens is 312 g/mol. The van der Waals surface area contributed by atoms with Crippen LogP contribution in [0.5, 0.6) is 0 Å². The third kappa shape index (κ3) is 3.31. The lowest BCUT2D eigenvalue weighted by atomic mass is 10.0. The van der Waals surface area contributed by atoms with Gasteiger partial charge in [0.25, 0.3) is 5.91 Å². The molecule has 1 aliphatic heterocycles. The molecule has 1 aromatic heterocycles. The van der Waals surface area contributed by atoms with Crippen molar-refractivity contribution < 1.29 is 4.79 Å². The second kappa shape index (κ2) is 6.89. The number of nitrogens with one attached hydrogen (secondary N) is 1. The van der Waals surface area contributed by atoms with Crippen LogP contribution in [0.15, 0.2) is 54.9 Å². The molecule has 126 valence electrons. The predicted octanol–water partition coefficient (Wildman–Crippen LogP) is 3.87. The van der Waals surface area contributed by atoms with Gasteiger partial charge in [-0.25, -0.2) is 9.97 Å². The van der Waals surface area contributed by atoms with Crippen LogP contribution in [0.2, 0.25) is 0 Å². The summed E-state index contributed by atoms with van der Waals surface area (Å²) < 4.78 is 0. The van der Waals surface area contributed by atoms with E-state index in [1.807, 2.05) is 48.5 Å². The van der Waals surface area contributed by atoms with Crippen LogP contribution in [0.4, 0.5) is 11.6 Å². The normalized spacial score (nSPS) is 14.5. The average molecular weight is 332 g/mol. The van der Waals surface area contributed by atoms with Crippen molar-refractivity contribution in [1.82, 2.24) is 9.97 Å². The highest BCUT2D eigenvalue weighted by molar-refractivity contribution is 6.12. The Bertz CT molecular complexity index is 898. The van der Waals surface area contributed by atoms with Gasteiger partial charge in [-0.15, -0.1) is 0 Å². The molecule has 2 aromatic carbocycles. The van der Waals surface area contributed by atoms with Crippen LogP contribution in [-0.4, -0.2) is 29.0 Å². The molecule has 1 fully saturated rings. The first-order chi connectivity index (χ1) is 12.3. The largest absolute Gasteiger partial charge is 0.356 e. The molecule has 5 heteroatoms. The molecule has 1 amide bonds. The minimum Gasteiger partial charge on any atom is -0.356 e. The summed E-state index contributed by atoms with van der Waals surface area (Å²) in [7, 11) is 0. The number of amides is 1. The van der Waals surface area contributed by atoms with Crippen molar-refractivity contribution >= 4 is 28.3 Å². The van der Waals surface area contributed by atoms with E-state index in [-0.39, 0.29) is 5.91 Å². The van der Waals surface area contributed by atoms with Gasteiger partial charge in [-0.1, -0.05) is 36.4 Å². The Morgan fingerprint density at radius 2 is 1.76 bits per heavy atom. The fourth-order valence-corrected chi connectivity index (χ4v) is 3.32. The Morgan fingerprint density at radius 3 is 2.64 bits per heavy atom. The van der Waals surface area contributed by atoms with Gasteiger partial charge in [-0.3, -0.25) is 4.79 Å². The number of rotatable bonds is 3. The van der Waals surface area contributed by atoms with Gasteiger partial charge in [0.15, 0.2) is 0 Å². The minimum absolute atomic E-state index is 0.153. The van der Waals surface area contributed by atoms with Crippen LogP contribution in [0.3, 0.4) is 0 Å². The van der Waals surface area contributed by atoms with E-state index in [2.05, 4.69) is 20.2 Å². The van der Waals surface area contributed by atoms with Crippen LogP contribution in [0.1, 0.15) is 29.6 Å². The molecule has 25 heavy (non-hydrogen) atoms. The van der Waals surface area contributed by atoms with E-state index < -0.39 is 0 Å². The minimum atomic E-state index is -0.153. The SMILES string of the molecule is O=C(Nc1cc(N2CCCCC2)ncn1)c1cccc2ccccc12. The molecule has 1 aliphatic rings. The van der Waals surface area contributed by atoms with Crippen molar-refractivity contribution in [3.8, 4) is 0 Å². The van der Waals surface area contributed by atoms with Crippen LogP contribution < -0.4 is 10.2 Å². The molecular formula is C20H20N4O. The molecule has 5 nitrogen and oxygen atoms in total. The summed E-state index contributed by atoms with van der Waals surface area (Å²) in [5, 5.41) is 4.90. The fourth-order valence-electron chi connectivity index (χ4n) is 3.32. The molecule has 1 N–H and O–H groups in total. The van der Waals surface area contributed by atoms with Gasteiger partial charge < -0.3 is 10.2 Å². The Hall–Kier alpha value is -2.95. The number of carbonyl (C=O) groups is 1. The molecule has 2 heterocycles. The smallest absolute Gasteiger partial charge is 0.257 e. The van der Waals surface area contributed by atoms with Crippen LogP contribution in [0, 0.1) is 0 Å². The summed E-state index contributed by atoms with van der Waals surface area (Å²) in [6.07, 6.45) is 5.15. The highest BCUT2D eigenvalue weighted by Gasteiger charge is 2.15. The zero-order chi connectivity index (χ0) is 17.1. The molecule has 0 aliphatic carbocycles. The number of benzene rings is 2. The van der Waals surface area contributed by atoms with Crippen LogP contribution in [0.25, 0.3) is 10.8 Å². The fraction of sp³-hybridized carbons (Fsp3) is 0.250. The van der Waals surface area contributed by atoms with Gasteiger partial charge in [-0.05, 0) is 36.1 Å². The summed E-state index contributed by atoms with van der Waals surface area (Å²) in [5.74, 6) is 1.26. The number of piperidine rings is 1. The number of hydrogen-bond acceptors (Lipinski definition) is 4. The maximum absolute atomic E-state index is 12.7. The van der Waals surface area contributed by atoms with Gasteiger partial charge >= 0.3 is 0 Å². The van der Waals surface area contributed by atoms with Crippen molar-refractivity contribution in [3.63, 3.8) is 0 Å². The van der Waals surface area contributed by atoms with Gasteiger partial charge in [0.2, 0.25) is 0 Å². The predicted molar refractivity (Wildman–Crippen MR) is 100.0 cm³/mol. The van der Waals surface area contributed by atoms with Crippen molar-refractivity contribution in [1.29, 1.82) is 0 Å². The van der Waals surface area contributed by atoms with E-state index in [4.69, 9.17) is 0 Å². The summed E-state index contributed by atoms with van der Waals surface area (Å²) in [5.41, 5.74) is 0.649. The van der Waals surface area contributed by atoms with Crippen molar-refractivity contribution in [2.75, 3.05) is 23.3 Å². The highest BCUT2D eigenvalue weighted by atomic mass is 16.1. The third-order valence-corrected chi connectivity index (χ3v) is 4.61. The van der Waals surface area contributed by atoms with E-state index in [1.54, 1.807) is 0 Å². The van der Waals surface area contributed by atoms with Gasteiger partial charge in [0.05, 0.1) is 0 Å². The summed E-state index contributed by atoms with van der Waals surface area (Å²) in [6.45, 7) is 2.02. The summed E-state index contributed by atoms with van der Waals surface area (Å²) >= 11 is 0. The lowest BCUT2D eigenvalue weighted by molar-refractivity contribution is 0.102. The van der Waals surface area contributed by atoms with E-state index in [9.17, 15) is 4.79 Å². The van der Waals surface area contributed by atoms with E-state index in [0.29, 0.717) is 11.4 Å². The number of carbonyl (C=O) groups excluding carboxylic acids is 1. The molecule has 3 aromatic rings. The number of aromatic nitrogens is 2. The second-order valence-electron chi connectivity index (χ2n) is 6.29. The quantitative estimate of drug-likeness (QED) is 0.791.